The summed E-state index contributed by atoms with van der Waals surface area (Å²) >= 11 is 0. The molecule has 6 heteroatoms. The van der Waals surface area contributed by atoms with E-state index in [2.05, 4.69) is 15.1 Å². The Balaban J connectivity index is 1.40. The molecule has 0 N–H and O–H groups in total. The summed E-state index contributed by atoms with van der Waals surface area (Å²) < 4.78 is 10.9. The van der Waals surface area contributed by atoms with Crippen LogP contribution in [0.15, 0.2) is 35.1 Å². The summed E-state index contributed by atoms with van der Waals surface area (Å²) in [6.45, 7) is 0.0836. The van der Waals surface area contributed by atoms with Crippen LogP contribution < -0.4 is 4.74 Å². The first kappa shape index (κ1) is 15.2. The highest BCUT2D eigenvalue weighted by Gasteiger charge is 2.38. The minimum Gasteiger partial charge on any atom is -0.484 e. The van der Waals surface area contributed by atoms with Gasteiger partial charge in [-0.2, -0.15) is 0 Å². The molecule has 24 heavy (non-hydrogen) atoms. The van der Waals surface area contributed by atoms with Crippen LogP contribution in [0.4, 0.5) is 0 Å². The number of nitrogens with zero attached hydrogens (tertiary/aromatic N) is 3. The predicted octanol–water partition coefficient (Wildman–Crippen LogP) is 3.05. The summed E-state index contributed by atoms with van der Waals surface area (Å²) in [5.74, 6) is 1.19. The zero-order chi connectivity index (χ0) is 16.4. The van der Waals surface area contributed by atoms with E-state index in [9.17, 15) is 4.79 Å². The van der Waals surface area contributed by atoms with Gasteiger partial charge in [-0.05, 0) is 43.9 Å². The Morgan fingerprint density at radius 1 is 1.21 bits per heavy atom. The maximum absolute atomic E-state index is 12.7. The fraction of sp³-hybridized carbons (Fsp3) is 0.500. The Bertz CT molecular complexity index is 691. The number of hydrogen-bond donors (Lipinski definition) is 0. The second-order valence-corrected chi connectivity index (χ2v) is 6.53. The van der Waals surface area contributed by atoms with Crippen LogP contribution in [-0.2, 0) is 4.79 Å². The smallest absolute Gasteiger partial charge is 0.261 e. The van der Waals surface area contributed by atoms with Gasteiger partial charge in [-0.3, -0.25) is 4.79 Å². The maximum atomic E-state index is 12.7. The van der Waals surface area contributed by atoms with E-state index in [4.69, 9.17) is 9.15 Å². The number of benzene rings is 1. The average molecular weight is 327 g/mol. The van der Waals surface area contributed by atoms with Gasteiger partial charge in [0.1, 0.15) is 5.75 Å². The lowest BCUT2D eigenvalue weighted by molar-refractivity contribution is -0.136. The van der Waals surface area contributed by atoms with Crippen molar-refractivity contribution in [2.45, 2.75) is 50.6 Å². The molecule has 1 amide bonds. The summed E-state index contributed by atoms with van der Waals surface area (Å²) in [7, 11) is 0. The molecule has 2 saturated carbocycles. The fourth-order valence-corrected chi connectivity index (χ4v) is 3.48. The standard InChI is InChI=1S/C18H21N3O3/c22-17(21(15-8-9-15)14-5-1-2-6-14)11-23-16-7-3-4-13(10-16)18-20-19-12-24-18/h3-4,7,10,12,14-15H,1-2,5-6,8-9,11H2. The third-order valence-corrected chi connectivity index (χ3v) is 4.75. The summed E-state index contributed by atoms with van der Waals surface area (Å²) in [5.41, 5.74) is 0.785. The van der Waals surface area contributed by atoms with E-state index >= 15 is 0 Å². The van der Waals surface area contributed by atoms with Gasteiger partial charge < -0.3 is 14.1 Å². The summed E-state index contributed by atoms with van der Waals surface area (Å²) in [6.07, 6.45) is 8.29. The summed E-state index contributed by atoms with van der Waals surface area (Å²) in [6, 6.07) is 8.24. The first-order chi connectivity index (χ1) is 11.8. The molecule has 1 aromatic heterocycles. The molecule has 2 aliphatic carbocycles. The molecule has 2 fully saturated rings. The molecule has 6 nitrogen and oxygen atoms in total. The Morgan fingerprint density at radius 3 is 2.71 bits per heavy atom. The lowest BCUT2D eigenvalue weighted by Crippen LogP contribution is -2.43. The van der Waals surface area contributed by atoms with Crippen LogP contribution in [0.5, 0.6) is 5.75 Å². The topological polar surface area (TPSA) is 68.5 Å². The van der Waals surface area contributed by atoms with Gasteiger partial charge in [0.15, 0.2) is 6.61 Å². The van der Waals surface area contributed by atoms with Gasteiger partial charge in [-0.15, -0.1) is 10.2 Å². The molecule has 0 saturated heterocycles. The van der Waals surface area contributed by atoms with Crippen molar-refractivity contribution < 1.29 is 13.9 Å². The molecule has 126 valence electrons. The second-order valence-electron chi connectivity index (χ2n) is 6.53. The van der Waals surface area contributed by atoms with Crippen molar-refractivity contribution in [3.63, 3.8) is 0 Å². The number of ether oxygens (including phenoxy) is 1. The molecular weight excluding hydrogens is 306 g/mol. The van der Waals surface area contributed by atoms with Crippen molar-refractivity contribution in [3.8, 4) is 17.2 Å². The van der Waals surface area contributed by atoms with Crippen LogP contribution >= 0.6 is 0 Å². The maximum Gasteiger partial charge on any atom is 0.261 e. The lowest BCUT2D eigenvalue weighted by atomic mass is 10.2. The van der Waals surface area contributed by atoms with Gasteiger partial charge in [-0.25, -0.2) is 0 Å². The van der Waals surface area contributed by atoms with E-state index in [0.29, 0.717) is 23.7 Å². The van der Waals surface area contributed by atoms with Crippen molar-refractivity contribution in [3.05, 3.63) is 30.7 Å². The molecule has 2 aliphatic rings. The first-order valence-electron chi connectivity index (χ1n) is 8.62. The van der Waals surface area contributed by atoms with Gasteiger partial charge in [0.2, 0.25) is 12.3 Å². The van der Waals surface area contributed by atoms with Crippen LogP contribution in [0.1, 0.15) is 38.5 Å². The summed E-state index contributed by atoms with van der Waals surface area (Å²) in [5, 5.41) is 7.57. The highest BCUT2D eigenvalue weighted by Crippen LogP contribution is 2.34. The summed E-state index contributed by atoms with van der Waals surface area (Å²) in [4.78, 5) is 14.8. The van der Waals surface area contributed by atoms with Gasteiger partial charge in [0.25, 0.3) is 5.91 Å². The van der Waals surface area contributed by atoms with Crippen molar-refractivity contribution >= 4 is 5.91 Å². The number of carbonyl (C=O) groups is 1. The van der Waals surface area contributed by atoms with E-state index in [1.807, 2.05) is 24.3 Å². The fourth-order valence-electron chi connectivity index (χ4n) is 3.48. The average Bonchev–Trinajstić information content (AvgIpc) is 3.06. The largest absolute Gasteiger partial charge is 0.484 e. The van der Waals surface area contributed by atoms with Crippen molar-refractivity contribution in [1.82, 2.24) is 15.1 Å². The predicted molar refractivity (Wildman–Crippen MR) is 87.4 cm³/mol. The number of rotatable bonds is 6. The van der Waals surface area contributed by atoms with Crippen molar-refractivity contribution in [2.24, 2.45) is 0 Å². The number of aromatic nitrogens is 2. The van der Waals surface area contributed by atoms with Crippen molar-refractivity contribution in [1.29, 1.82) is 0 Å². The minimum atomic E-state index is 0.0836. The molecule has 4 rings (SSSR count). The molecule has 0 radical (unpaired) electrons. The Kier molecular flexibility index (Phi) is 4.19. The molecule has 0 aliphatic heterocycles. The quantitative estimate of drug-likeness (QED) is 0.815. The highest BCUT2D eigenvalue weighted by molar-refractivity contribution is 5.79. The lowest BCUT2D eigenvalue weighted by Gasteiger charge is -2.29. The molecule has 0 spiro atoms. The van der Waals surface area contributed by atoms with Crippen LogP contribution in [0, 0.1) is 0 Å². The van der Waals surface area contributed by atoms with E-state index < -0.39 is 0 Å². The highest BCUT2D eigenvalue weighted by atomic mass is 16.5. The van der Waals surface area contributed by atoms with Gasteiger partial charge >= 0.3 is 0 Å². The molecule has 1 aromatic carbocycles. The van der Waals surface area contributed by atoms with Crippen LogP contribution in [0.2, 0.25) is 0 Å². The van der Waals surface area contributed by atoms with Gasteiger partial charge in [-0.1, -0.05) is 18.9 Å². The molecule has 0 bridgehead atoms. The normalized spacial score (nSPS) is 17.8. The first-order valence-corrected chi connectivity index (χ1v) is 8.62. The molecular formula is C18H21N3O3. The number of hydrogen-bond acceptors (Lipinski definition) is 5. The van der Waals surface area contributed by atoms with E-state index in [1.54, 1.807) is 0 Å². The molecule has 2 aromatic rings. The Morgan fingerprint density at radius 2 is 2.00 bits per heavy atom. The Labute approximate surface area is 140 Å². The van der Waals surface area contributed by atoms with Gasteiger partial charge in [0, 0.05) is 17.6 Å². The molecule has 0 atom stereocenters. The Hall–Kier alpha value is -2.37. The van der Waals surface area contributed by atoms with E-state index in [1.165, 1.54) is 19.2 Å². The SMILES string of the molecule is O=C(COc1cccc(-c2nnco2)c1)N(C1CCCC1)C1CC1. The number of carbonyl (C=O) groups excluding carboxylic acids is 1. The number of amides is 1. The van der Waals surface area contributed by atoms with Gasteiger partial charge in [0.05, 0.1) is 0 Å². The third-order valence-electron chi connectivity index (χ3n) is 4.75. The van der Waals surface area contributed by atoms with E-state index in [0.717, 1.165) is 31.2 Å². The zero-order valence-corrected chi connectivity index (χ0v) is 13.6. The zero-order valence-electron chi connectivity index (χ0n) is 13.6. The van der Waals surface area contributed by atoms with E-state index in [-0.39, 0.29) is 12.5 Å². The molecule has 0 unspecified atom stereocenters. The molecule has 1 heterocycles. The third kappa shape index (κ3) is 3.27. The second kappa shape index (κ2) is 6.63. The van der Waals surface area contributed by atoms with Crippen molar-refractivity contribution in [2.75, 3.05) is 6.61 Å². The monoisotopic (exact) mass is 327 g/mol. The minimum absolute atomic E-state index is 0.0836. The van der Waals surface area contributed by atoms with Crippen LogP contribution in [-0.4, -0.2) is 39.7 Å². The van der Waals surface area contributed by atoms with Crippen LogP contribution in [0.25, 0.3) is 11.5 Å². The van der Waals surface area contributed by atoms with Crippen LogP contribution in [0.3, 0.4) is 0 Å².